The zero-order valence-corrected chi connectivity index (χ0v) is 12.1. The average Bonchev–Trinajstić information content (AvgIpc) is 2.98. The molecule has 1 aliphatic rings. The van der Waals surface area contributed by atoms with Gasteiger partial charge in [0.05, 0.1) is 12.3 Å². The first-order valence-corrected chi connectivity index (χ1v) is 7.21. The van der Waals surface area contributed by atoms with E-state index in [1.807, 2.05) is 10.9 Å². The van der Waals surface area contributed by atoms with Crippen molar-refractivity contribution in [2.75, 3.05) is 32.8 Å². The summed E-state index contributed by atoms with van der Waals surface area (Å²) >= 11 is 0. The van der Waals surface area contributed by atoms with Gasteiger partial charge in [-0.2, -0.15) is 5.10 Å². The van der Waals surface area contributed by atoms with E-state index in [0.29, 0.717) is 5.41 Å². The summed E-state index contributed by atoms with van der Waals surface area (Å²) in [7, 11) is 0. The molecule has 19 heavy (non-hydrogen) atoms. The maximum atomic E-state index is 9.27. The first-order chi connectivity index (χ1) is 9.17. The zero-order chi connectivity index (χ0) is 13.7. The van der Waals surface area contributed by atoms with Gasteiger partial charge < -0.3 is 10.4 Å². The second-order valence-corrected chi connectivity index (χ2v) is 5.81. The molecular weight excluding hydrogens is 240 g/mol. The largest absolute Gasteiger partial charge is 0.395 e. The molecule has 5 heteroatoms. The van der Waals surface area contributed by atoms with Gasteiger partial charge in [-0.1, -0.05) is 6.92 Å². The third-order valence-corrected chi connectivity index (χ3v) is 3.97. The van der Waals surface area contributed by atoms with Crippen molar-refractivity contribution in [3.63, 3.8) is 0 Å². The minimum Gasteiger partial charge on any atom is -0.395 e. The normalized spacial score (nSPS) is 23.4. The van der Waals surface area contributed by atoms with Crippen LogP contribution in [0.5, 0.6) is 0 Å². The van der Waals surface area contributed by atoms with E-state index in [1.54, 1.807) is 0 Å². The van der Waals surface area contributed by atoms with Crippen LogP contribution in [0.1, 0.15) is 26.0 Å². The topological polar surface area (TPSA) is 53.3 Å². The molecule has 1 unspecified atom stereocenters. The van der Waals surface area contributed by atoms with Crippen LogP contribution >= 0.6 is 0 Å². The Bertz CT molecular complexity index is 385. The van der Waals surface area contributed by atoms with Crippen molar-refractivity contribution < 1.29 is 5.11 Å². The smallest absolute Gasteiger partial charge is 0.0558 e. The van der Waals surface area contributed by atoms with E-state index in [2.05, 4.69) is 35.2 Å². The van der Waals surface area contributed by atoms with E-state index in [-0.39, 0.29) is 6.61 Å². The predicted molar refractivity (Wildman–Crippen MR) is 75.9 cm³/mol. The van der Waals surface area contributed by atoms with Gasteiger partial charge in [-0.25, -0.2) is 0 Å². The van der Waals surface area contributed by atoms with E-state index in [1.165, 1.54) is 12.1 Å². The van der Waals surface area contributed by atoms with E-state index < -0.39 is 0 Å². The van der Waals surface area contributed by atoms with Crippen molar-refractivity contribution in [2.24, 2.45) is 5.41 Å². The molecule has 0 amide bonds. The van der Waals surface area contributed by atoms with Crippen LogP contribution in [0.3, 0.4) is 0 Å². The van der Waals surface area contributed by atoms with E-state index in [0.717, 1.165) is 39.3 Å². The number of aliphatic hydroxyl groups excluding tert-OH is 1. The molecule has 0 spiro atoms. The van der Waals surface area contributed by atoms with Crippen LogP contribution in [-0.2, 0) is 13.1 Å². The first kappa shape index (κ1) is 14.5. The highest BCUT2D eigenvalue weighted by Gasteiger charge is 2.30. The molecule has 2 N–H and O–H groups in total. The third kappa shape index (κ3) is 3.78. The molecule has 1 atom stereocenters. The van der Waals surface area contributed by atoms with Crippen LogP contribution in [0.4, 0.5) is 0 Å². The molecule has 1 saturated heterocycles. The van der Waals surface area contributed by atoms with Crippen LogP contribution in [0, 0.1) is 5.41 Å². The summed E-state index contributed by atoms with van der Waals surface area (Å²) in [6.07, 6.45) is 3.07. The Kier molecular flexibility index (Phi) is 4.96. The molecule has 0 aromatic carbocycles. The molecule has 5 nitrogen and oxygen atoms in total. The fourth-order valence-electron chi connectivity index (χ4n) is 2.91. The summed E-state index contributed by atoms with van der Waals surface area (Å²) in [5.74, 6) is 0. The molecule has 0 bridgehead atoms. The fraction of sp³-hybridized carbons (Fsp3) is 0.786. The lowest BCUT2D eigenvalue weighted by molar-refractivity contribution is 0.135. The molecule has 0 saturated carbocycles. The summed E-state index contributed by atoms with van der Waals surface area (Å²) in [6, 6.07) is 2.07. The van der Waals surface area contributed by atoms with Gasteiger partial charge in [0.1, 0.15) is 0 Å². The highest BCUT2D eigenvalue weighted by Crippen LogP contribution is 2.26. The SMILES string of the molecule is CCn1nccc1CN(CCO)CC1(C)CCNC1. The number of rotatable bonds is 7. The highest BCUT2D eigenvalue weighted by molar-refractivity contribution is 5.01. The summed E-state index contributed by atoms with van der Waals surface area (Å²) in [4.78, 5) is 2.34. The monoisotopic (exact) mass is 266 g/mol. The van der Waals surface area contributed by atoms with Crippen LogP contribution in [0.15, 0.2) is 12.3 Å². The van der Waals surface area contributed by atoms with Crippen molar-refractivity contribution in [2.45, 2.75) is 33.4 Å². The molecule has 108 valence electrons. The second kappa shape index (κ2) is 6.50. The van der Waals surface area contributed by atoms with Gasteiger partial charge in [0, 0.05) is 38.9 Å². The molecular formula is C14H26N4O. The zero-order valence-electron chi connectivity index (χ0n) is 12.1. The van der Waals surface area contributed by atoms with Crippen LogP contribution in [0.25, 0.3) is 0 Å². The summed E-state index contributed by atoms with van der Waals surface area (Å²) < 4.78 is 2.03. The quantitative estimate of drug-likeness (QED) is 0.763. The Morgan fingerprint density at radius 2 is 2.42 bits per heavy atom. The number of aryl methyl sites for hydroxylation is 1. The van der Waals surface area contributed by atoms with Crippen LogP contribution in [-0.4, -0.2) is 52.6 Å². The van der Waals surface area contributed by atoms with E-state index in [9.17, 15) is 5.11 Å². The number of hydrogen-bond donors (Lipinski definition) is 2. The van der Waals surface area contributed by atoms with Gasteiger partial charge in [0.15, 0.2) is 0 Å². The van der Waals surface area contributed by atoms with Gasteiger partial charge in [0.2, 0.25) is 0 Å². The maximum Gasteiger partial charge on any atom is 0.0558 e. The standard InChI is InChI=1S/C14H26N4O/c1-3-18-13(4-6-16-18)10-17(8-9-19)12-14(2)5-7-15-11-14/h4,6,15,19H,3,5,7-12H2,1-2H3. The second-order valence-electron chi connectivity index (χ2n) is 5.81. The molecule has 2 rings (SSSR count). The van der Waals surface area contributed by atoms with Crippen molar-refractivity contribution in [1.82, 2.24) is 20.0 Å². The van der Waals surface area contributed by atoms with E-state index >= 15 is 0 Å². The van der Waals surface area contributed by atoms with Crippen molar-refractivity contribution in [3.8, 4) is 0 Å². The van der Waals surface area contributed by atoms with Crippen molar-refractivity contribution >= 4 is 0 Å². The number of nitrogens with one attached hydrogen (secondary N) is 1. The van der Waals surface area contributed by atoms with Gasteiger partial charge in [-0.05, 0) is 31.4 Å². The molecule has 0 aliphatic carbocycles. The summed E-state index contributed by atoms with van der Waals surface area (Å²) in [5.41, 5.74) is 1.55. The number of nitrogens with zero attached hydrogens (tertiary/aromatic N) is 3. The molecule has 1 aromatic rings. The minimum absolute atomic E-state index is 0.212. The van der Waals surface area contributed by atoms with Gasteiger partial charge in [-0.3, -0.25) is 9.58 Å². The Morgan fingerprint density at radius 3 is 3.05 bits per heavy atom. The van der Waals surface area contributed by atoms with Gasteiger partial charge in [-0.15, -0.1) is 0 Å². The van der Waals surface area contributed by atoms with Gasteiger partial charge in [0.25, 0.3) is 0 Å². The highest BCUT2D eigenvalue weighted by atomic mass is 16.3. The Hall–Kier alpha value is -0.910. The van der Waals surface area contributed by atoms with E-state index in [4.69, 9.17) is 0 Å². The Labute approximate surface area is 115 Å². The molecule has 0 radical (unpaired) electrons. The molecule has 1 fully saturated rings. The van der Waals surface area contributed by atoms with Crippen LogP contribution in [0.2, 0.25) is 0 Å². The first-order valence-electron chi connectivity index (χ1n) is 7.21. The average molecular weight is 266 g/mol. The third-order valence-electron chi connectivity index (χ3n) is 3.97. The minimum atomic E-state index is 0.212. The number of hydrogen-bond acceptors (Lipinski definition) is 4. The lowest BCUT2D eigenvalue weighted by Crippen LogP contribution is -2.39. The van der Waals surface area contributed by atoms with Crippen molar-refractivity contribution in [1.29, 1.82) is 0 Å². The lowest BCUT2D eigenvalue weighted by Gasteiger charge is -2.31. The van der Waals surface area contributed by atoms with Crippen LogP contribution < -0.4 is 5.32 Å². The fourth-order valence-corrected chi connectivity index (χ4v) is 2.91. The summed E-state index contributed by atoms with van der Waals surface area (Å²) in [6.45, 7) is 10.3. The lowest BCUT2D eigenvalue weighted by atomic mass is 9.89. The molecule has 2 heterocycles. The Balaban J connectivity index is 1.99. The van der Waals surface area contributed by atoms with Gasteiger partial charge >= 0.3 is 0 Å². The van der Waals surface area contributed by atoms with Crippen molar-refractivity contribution in [3.05, 3.63) is 18.0 Å². The molecule has 1 aromatic heterocycles. The molecule has 1 aliphatic heterocycles. The Morgan fingerprint density at radius 1 is 1.58 bits per heavy atom. The predicted octanol–water partition coefficient (Wildman–Crippen LogP) is 0.697. The maximum absolute atomic E-state index is 9.27. The summed E-state index contributed by atoms with van der Waals surface area (Å²) in [5, 5.41) is 17.0. The number of aromatic nitrogens is 2. The number of aliphatic hydroxyl groups is 1.